The number of thiazole rings is 1. The molecule has 1 heterocycles. The number of nitrogens with zero attached hydrogens (tertiary/aromatic N) is 2. The summed E-state index contributed by atoms with van der Waals surface area (Å²) in [5, 5.41) is 3.29. The summed E-state index contributed by atoms with van der Waals surface area (Å²) >= 11 is 1.73. The van der Waals surface area contributed by atoms with E-state index in [2.05, 4.69) is 28.3 Å². The summed E-state index contributed by atoms with van der Waals surface area (Å²) in [6, 6.07) is 8.09. The topological polar surface area (TPSA) is 42.2 Å². The number of aromatic nitrogens is 1. The van der Waals surface area contributed by atoms with Crippen molar-refractivity contribution in [1.29, 1.82) is 0 Å². The first-order chi connectivity index (χ1) is 9.19. The van der Waals surface area contributed by atoms with Crippen molar-refractivity contribution >= 4 is 17.0 Å². The van der Waals surface area contributed by atoms with Crippen LogP contribution in [0.25, 0.3) is 0 Å². The van der Waals surface area contributed by atoms with Crippen LogP contribution in [0.2, 0.25) is 0 Å². The summed E-state index contributed by atoms with van der Waals surface area (Å²) in [5.41, 5.74) is 9.20. The van der Waals surface area contributed by atoms with Crippen molar-refractivity contribution in [2.24, 2.45) is 0 Å². The number of para-hydroxylation sites is 1. The fraction of sp³-hybridized carbons (Fsp3) is 0.400. The van der Waals surface area contributed by atoms with Gasteiger partial charge in [0.15, 0.2) is 0 Å². The minimum atomic E-state index is 0.874. The first kappa shape index (κ1) is 14.0. The van der Waals surface area contributed by atoms with Gasteiger partial charge in [-0.05, 0) is 31.5 Å². The predicted octanol–water partition coefficient (Wildman–Crippen LogP) is 3.45. The van der Waals surface area contributed by atoms with Gasteiger partial charge in [-0.25, -0.2) is 4.98 Å². The minimum Gasteiger partial charge on any atom is -0.398 e. The summed E-state index contributed by atoms with van der Waals surface area (Å²) in [7, 11) is 0. The molecule has 1 aromatic heterocycles. The van der Waals surface area contributed by atoms with Crippen LogP contribution in [0.15, 0.2) is 29.6 Å². The van der Waals surface area contributed by atoms with Gasteiger partial charge in [0.25, 0.3) is 0 Å². The van der Waals surface area contributed by atoms with Crippen LogP contribution < -0.4 is 5.73 Å². The lowest BCUT2D eigenvalue weighted by Gasteiger charge is -2.21. The molecule has 2 rings (SSSR count). The zero-order chi connectivity index (χ0) is 13.7. The average molecular weight is 275 g/mol. The number of benzene rings is 1. The van der Waals surface area contributed by atoms with Crippen LogP contribution in [-0.2, 0) is 13.1 Å². The summed E-state index contributed by atoms with van der Waals surface area (Å²) in [4.78, 5) is 6.95. The Bertz CT molecular complexity index is 522. The van der Waals surface area contributed by atoms with Crippen LogP contribution >= 0.6 is 11.3 Å². The van der Waals surface area contributed by atoms with Crippen molar-refractivity contribution in [1.82, 2.24) is 9.88 Å². The summed E-state index contributed by atoms with van der Waals surface area (Å²) in [6.45, 7) is 7.10. The van der Waals surface area contributed by atoms with Crippen LogP contribution in [0.1, 0.15) is 29.6 Å². The van der Waals surface area contributed by atoms with Gasteiger partial charge in [0.05, 0.1) is 6.54 Å². The Morgan fingerprint density at radius 1 is 1.26 bits per heavy atom. The Balaban J connectivity index is 2.06. The fourth-order valence-electron chi connectivity index (χ4n) is 2.12. The Hall–Kier alpha value is -1.39. The van der Waals surface area contributed by atoms with E-state index >= 15 is 0 Å². The molecule has 2 N–H and O–H groups in total. The third-order valence-electron chi connectivity index (χ3n) is 3.01. The normalized spacial score (nSPS) is 11.1. The Morgan fingerprint density at radius 3 is 2.68 bits per heavy atom. The number of anilines is 1. The largest absolute Gasteiger partial charge is 0.398 e. The van der Waals surface area contributed by atoms with E-state index in [1.54, 1.807) is 11.3 Å². The average Bonchev–Trinajstić information content (AvgIpc) is 2.78. The Labute approximate surface area is 119 Å². The molecule has 0 bridgehead atoms. The number of hydrogen-bond acceptors (Lipinski definition) is 4. The van der Waals surface area contributed by atoms with E-state index in [4.69, 9.17) is 5.73 Å². The molecule has 102 valence electrons. The molecule has 4 heteroatoms. The van der Waals surface area contributed by atoms with Crippen molar-refractivity contribution in [2.45, 2.75) is 33.4 Å². The molecule has 3 nitrogen and oxygen atoms in total. The summed E-state index contributed by atoms with van der Waals surface area (Å²) in [5.74, 6) is 0. The lowest BCUT2D eigenvalue weighted by Crippen LogP contribution is -2.24. The maximum atomic E-state index is 6.02. The third kappa shape index (κ3) is 4.04. The smallest absolute Gasteiger partial charge is 0.107 e. The highest BCUT2D eigenvalue weighted by molar-refractivity contribution is 7.09. The highest BCUT2D eigenvalue weighted by Crippen LogP contribution is 2.17. The van der Waals surface area contributed by atoms with Crippen molar-refractivity contribution in [2.75, 3.05) is 12.3 Å². The van der Waals surface area contributed by atoms with Gasteiger partial charge in [0.2, 0.25) is 0 Å². The van der Waals surface area contributed by atoms with Crippen LogP contribution in [0.5, 0.6) is 0 Å². The second-order valence-electron chi connectivity index (χ2n) is 4.79. The molecule has 0 fully saturated rings. The molecule has 0 spiro atoms. The lowest BCUT2D eigenvalue weighted by molar-refractivity contribution is 0.257. The van der Waals surface area contributed by atoms with Gasteiger partial charge in [-0.1, -0.05) is 25.1 Å². The van der Waals surface area contributed by atoms with Crippen LogP contribution in [0, 0.1) is 6.92 Å². The lowest BCUT2D eigenvalue weighted by atomic mass is 10.1. The van der Waals surface area contributed by atoms with Gasteiger partial charge in [-0.2, -0.15) is 0 Å². The standard InChI is InChI=1S/C15H21N3S/c1-3-8-18(10-15-17-12(2)11-19-15)9-13-6-4-5-7-14(13)16/h4-7,11H,3,8-10,16H2,1-2H3. The molecule has 19 heavy (non-hydrogen) atoms. The molecular weight excluding hydrogens is 254 g/mol. The highest BCUT2D eigenvalue weighted by atomic mass is 32.1. The molecule has 0 saturated carbocycles. The maximum absolute atomic E-state index is 6.02. The fourth-order valence-corrected chi connectivity index (χ4v) is 2.93. The van der Waals surface area contributed by atoms with Crippen molar-refractivity contribution in [3.05, 3.63) is 45.9 Å². The van der Waals surface area contributed by atoms with E-state index in [-0.39, 0.29) is 0 Å². The zero-order valence-corrected chi connectivity index (χ0v) is 12.4. The van der Waals surface area contributed by atoms with Gasteiger partial charge >= 0.3 is 0 Å². The van der Waals surface area contributed by atoms with E-state index in [1.165, 1.54) is 10.6 Å². The van der Waals surface area contributed by atoms with Crippen LogP contribution in [-0.4, -0.2) is 16.4 Å². The number of nitrogen functional groups attached to an aromatic ring is 1. The maximum Gasteiger partial charge on any atom is 0.107 e. The second-order valence-corrected chi connectivity index (χ2v) is 5.73. The van der Waals surface area contributed by atoms with E-state index in [9.17, 15) is 0 Å². The molecule has 0 radical (unpaired) electrons. The van der Waals surface area contributed by atoms with Gasteiger partial charge in [-0.3, -0.25) is 4.90 Å². The number of rotatable bonds is 6. The van der Waals surface area contributed by atoms with Crippen molar-refractivity contribution < 1.29 is 0 Å². The second kappa shape index (κ2) is 6.68. The van der Waals surface area contributed by atoms with Gasteiger partial charge in [0, 0.05) is 23.3 Å². The van der Waals surface area contributed by atoms with Gasteiger partial charge in [-0.15, -0.1) is 11.3 Å². The number of nitrogens with two attached hydrogens (primary N) is 1. The summed E-state index contributed by atoms with van der Waals surface area (Å²) in [6.07, 6.45) is 1.14. The summed E-state index contributed by atoms with van der Waals surface area (Å²) < 4.78 is 0. The first-order valence-corrected chi connectivity index (χ1v) is 7.53. The zero-order valence-electron chi connectivity index (χ0n) is 11.6. The van der Waals surface area contributed by atoms with Gasteiger partial charge in [0.1, 0.15) is 5.01 Å². The van der Waals surface area contributed by atoms with Crippen LogP contribution in [0.4, 0.5) is 5.69 Å². The molecule has 0 aliphatic heterocycles. The molecule has 0 aliphatic rings. The van der Waals surface area contributed by atoms with Gasteiger partial charge < -0.3 is 5.73 Å². The molecule has 2 aromatic rings. The molecule has 0 aliphatic carbocycles. The Kier molecular flexibility index (Phi) is 4.93. The molecular formula is C15H21N3S. The van der Waals surface area contributed by atoms with E-state index in [1.807, 2.05) is 25.1 Å². The minimum absolute atomic E-state index is 0.874. The molecule has 0 atom stereocenters. The number of aryl methyl sites for hydroxylation is 1. The quantitative estimate of drug-likeness (QED) is 0.821. The van der Waals surface area contributed by atoms with E-state index < -0.39 is 0 Å². The van der Waals surface area contributed by atoms with E-state index in [0.29, 0.717) is 0 Å². The molecule has 0 saturated heterocycles. The van der Waals surface area contributed by atoms with Crippen LogP contribution in [0.3, 0.4) is 0 Å². The molecule has 0 amide bonds. The number of hydrogen-bond donors (Lipinski definition) is 1. The Morgan fingerprint density at radius 2 is 2.05 bits per heavy atom. The third-order valence-corrected chi connectivity index (χ3v) is 3.97. The van der Waals surface area contributed by atoms with Crippen molar-refractivity contribution in [3.63, 3.8) is 0 Å². The highest BCUT2D eigenvalue weighted by Gasteiger charge is 2.10. The predicted molar refractivity (Wildman–Crippen MR) is 82.1 cm³/mol. The van der Waals surface area contributed by atoms with Crippen molar-refractivity contribution in [3.8, 4) is 0 Å². The first-order valence-electron chi connectivity index (χ1n) is 6.65. The monoisotopic (exact) mass is 275 g/mol. The van der Waals surface area contributed by atoms with E-state index in [0.717, 1.165) is 37.4 Å². The molecule has 0 unspecified atom stereocenters. The SMILES string of the molecule is CCCN(Cc1nc(C)cs1)Cc1ccccc1N. The molecule has 1 aromatic carbocycles.